The largest absolute Gasteiger partial charge is 0.471 e. The third-order valence-electron chi connectivity index (χ3n) is 3.23. The van der Waals surface area contributed by atoms with Crippen LogP contribution in [0.1, 0.15) is 15.6 Å². The number of amides is 1. The molecule has 1 fully saturated rings. The lowest BCUT2D eigenvalue weighted by Crippen LogP contribution is -2.48. The number of nitrogens with zero attached hydrogens (tertiary/aromatic N) is 2. The maximum absolute atomic E-state index is 12.5. The van der Waals surface area contributed by atoms with Crippen LogP contribution < -0.4 is 10.6 Å². The standard InChI is InChI=1S/C13H13F3N4O3S.ClH/c14-13(15,16)12-19-10(20-23-12)8-1-2-9(24-8)11(21)18-5-7-6-22-4-3-17-7;/h1-2,7,17H,3-6H2,(H,18,21);1H/t7-;/m1./s1. The molecule has 1 atom stereocenters. The Morgan fingerprint density at radius 3 is 2.88 bits per heavy atom. The van der Waals surface area contributed by atoms with Crippen LogP contribution in [-0.2, 0) is 10.9 Å². The molecule has 3 heterocycles. The number of aromatic nitrogens is 2. The van der Waals surface area contributed by atoms with Gasteiger partial charge in [0, 0.05) is 19.1 Å². The Bertz CT molecular complexity index is 715. The van der Waals surface area contributed by atoms with E-state index in [0.29, 0.717) is 29.5 Å². The van der Waals surface area contributed by atoms with Gasteiger partial charge in [0.25, 0.3) is 5.91 Å². The number of ether oxygens (including phenoxy) is 1. The molecule has 1 aliphatic rings. The number of rotatable bonds is 4. The van der Waals surface area contributed by atoms with Gasteiger partial charge in [0.1, 0.15) is 0 Å². The van der Waals surface area contributed by atoms with E-state index in [-0.39, 0.29) is 30.2 Å². The fourth-order valence-corrected chi connectivity index (χ4v) is 2.92. The van der Waals surface area contributed by atoms with Crippen LogP contribution in [0.15, 0.2) is 16.7 Å². The normalized spacial score (nSPS) is 17.8. The summed E-state index contributed by atoms with van der Waals surface area (Å²) in [5, 5.41) is 9.24. The van der Waals surface area contributed by atoms with Gasteiger partial charge < -0.3 is 19.9 Å². The molecule has 1 amide bonds. The lowest BCUT2D eigenvalue weighted by molar-refractivity contribution is -0.159. The minimum absolute atomic E-state index is 0. The summed E-state index contributed by atoms with van der Waals surface area (Å²) in [4.78, 5) is 16.0. The molecule has 138 valence electrons. The lowest BCUT2D eigenvalue weighted by atomic mass is 10.2. The smallest absolute Gasteiger partial charge is 0.378 e. The zero-order chi connectivity index (χ0) is 17.2. The van der Waals surface area contributed by atoms with Gasteiger partial charge in [-0.3, -0.25) is 4.79 Å². The van der Waals surface area contributed by atoms with Crippen molar-refractivity contribution in [3.8, 4) is 10.7 Å². The van der Waals surface area contributed by atoms with E-state index < -0.39 is 12.1 Å². The summed E-state index contributed by atoms with van der Waals surface area (Å²) in [7, 11) is 0. The first kappa shape index (κ1) is 19.6. The summed E-state index contributed by atoms with van der Waals surface area (Å²) in [5.41, 5.74) is 0. The lowest BCUT2D eigenvalue weighted by Gasteiger charge is -2.23. The SMILES string of the molecule is Cl.O=C(NC[C@@H]1COCCN1)c1ccc(-c2noc(C(F)(F)F)n2)s1. The van der Waals surface area contributed by atoms with Crippen LogP contribution in [0.5, 0.6) is 0 Å². The van der Waals surface area contributed by atoms with Crippen molar-refractivity contribution in [3.63, 3.8) is 0 Å². The molecule has 2 aromatic heterocycles. The zero-order valence-electron chi connectivity index (χ0n) is 12.6. The average molecular weight is 399 g/mol. The highest BCUT2D eigenvalue weighted by molar-refractivity contribution is 7.17. The summed E-state index contributed by atoms with van der Waals surface area (Å²) >= 11 is 0.989. The van der Waals surface area contributed by atoms with Crippen molar-refractivity contribution < 1.29 is 27.2 Å². The average Bonchev–Trinajstić information content (AvgIpc) is 3.21. The molecule has 25 heavy (non-hydrogen) atoms. The van der Waals surface area contributed by atoms with Gasteiger partial charge in [-0.05, 0) is 12.1 Å². The van der Waals surface area contributed by atoms with E-state index in [9.17, 15) is 18.0 Å². The Morgan fingerprint density at radius 2 is 2.24 bits per heavy atom. The number of carbonyl (C=O) groups excluding carboxylic acids is 1. The molecule has 2 N–H and O–H groups in total. The molecule has 3 rings (SSSR count). The van der Waals surface area contributed by atoms with E-state index in [1.54, 1.807) is 0 Å². The predicted molar refractivity (Wildman–Crippen MR) is 84.8 cm³/mol. The quantitative estimate of drug-likeness (QED) is 0.818. The van der Waals surface area contributed by atoms with Gasteiger partial charge in [0.05, 0.1) is 23.0 Å². The molecule has 1 saturated heterocycles. The molecule has 0 bridgehead atoms. The second-order valence-corrected chi connectivity index (χ2v) is 6.10. The summed E-state index contributed by atoms with van der Waals surface area (Å²) in [5.74, 6) is -1.94. The van der Waals surface area contributed by atoms with E-state index in [4.69, 9.17) is 4.74 Å². The molecule has 12 heteroatoms. The number of hydrogen-bond donors (Lipinski definition) is 2. The van der Waals surface area contributed by atoms with E-state index >= 15 is 0 Å². The molecule has 0 saturated carbocycles. The highest BCUT2D eigenvalue weighted by atomic mass is 35.5. The van der Waals surface area contributed by atoms with Crippen molar-refractivity contribution in [3.05, 3.63) is 22.9 Å². The molecular weight excluding hydrogens is 385 g/mol. The monoisotopic (exact) mass is 398 g/mol. The minimum atomic E-state index is -4.70. The maximum Gasteiger partial charge on any atom is 0.471 e. The molecule has 2 aromatic rings. The Hall–Kier alpha value is -1.69. The Labute approximate surface area is 150 Å². The van der Waals surface area contributed by atoms with Gasteiger partial charge in [-0.15, -0.1) is 23.7 Å². The summed E-state index contributed by atoms with van der Waals surface area (Å²) < 4.78 is 46.8. The predicted octanol–water partition coefficient (Wildman–Crippen LogP) is 1.96. The maximum atomic E-state index is 12.5. The highest BCUT2D eigenvalue weighted by Crippen LogP contribution is 2.31. The van der Waals surface area contributed by atoms with Crippen LogP contribution in [0.25, 0.3) is 10.7 Å². The number of hydrogen-bond acceptors (Lipinski definition) is 7. The third-order valence-corrected chi connectivity index (χ3v) is 4.31. The molecule has 0 aliphatic carbocycles. The zero-order valence-corrected chi connectivity index (χ0v) is 14.3. The topological polar surface area (TPSA) is 89.3 Å². The molecule has 0 spiro atoms. The number of morpholine rings is 1. The van der Waals surface area contributed by atoms with Crippen LogP contribution in [-0.4, -0.2) is 48.4 Å². The Morgan fingerprint density at radius 1 is 1.44 bits per heavy atom. The first-order valence-electron chi connectivity index (χ1n) is 7.04. The van der Waals surface area contributed by atoms with E-state index in [1.807, 2.05) is 0 Å². The molecule has 0 radical (unpaired) electrons. The third kappa shape index (κ3) is 4.91. The van der Waals surface area contributed by atoms with Crippen molar-refractivity contribution in [1.82, 2.24) is 20.8 Å². The summed E-state index contributed by atoms with van der Waals surface area (Å²) in [6, 6.07) is 3.02. The van der Waals surface area contributed by atoms with E-state index in [1.165, 1.54) is 12.1 Å². The number of alkyl halides is 3. The van der Waals surface area contributed by atoms with Crippen molar-refractivity contribution in [2.75, 3.05) is 26.3 Å². The Balaban J connectivity index is 0.00000225. The number of thiophene rings is 1. The van der Waals surface area contributed by atoms with Gasteiger partial charge in [-0.25, -0.2) is 0 Å². The number of carbonyl (C=O) groups is 1. The van der Waals surface area contributed by atoms with Gasteiger partial charge in [-0.2, -0.15) is 18.2 Å². The van der Waals surface area contributed by atoms with Crippen molar-refractivity contribution in [1.29, 1.82) is 0 Å². The molecule has 7 nitrogen and oxygen atoms in total. The minimum Gasteiger partial charge on any atom is -0.378 e. The van der Waals surface area contributed by atoms with Gasteiger partial charge in [-0.1, -0.05) is 5.16 Å². The molecule has 1 aliphatic heterocycles. The van der Waals surface area contributed by atoms with Crippen molar-refractivity contribution in [2.24, 2.45) is 0 Å². The van der Waals surface area contributed by atoms with Crippen molar-refractivity contribution >= 4 is 29.7 Å². The molecule has 0 aromatic carbocycles. The van der Waals surface area contributed by atoms with Crippen LogP contribution >= 0.6 is 23.7 Å². The molecular formula is C13H14ClF3N4O3S. The van der Waals surface area contributed by atoms with Gasteiger partial charge in [0.15, 0.2) is 0 Å². The number of halogens is 4. The second kappa shape index (κ2) is 8.13. The van der Waals surface area contributed by atoms with Gasteiger partial charge in [0.2, 0.25) is 5.82 Å². The number of nitrogens with one attached hydrogen (secondary N) is 2. The van der Waals surface area contributed by atoms with Crippen LogP contribution in [0.3, 0.4) is 0 Å². The first-order valence-corrected chi connectivity index (χ1v) is 7.85. The van der Waals surface area contributed by atoms with Gasteiger partial charge >= 0.3 is 12.1 Å². The fraction of sp³-hybridized carbons (Fsp3) is 0.462. The highest BCUT2D eigenvalue weighted by Gasteiger charge is 2.38. The Kier molecular flexibility index (Phi) is 6.38. The van der Waals surface area contributed by atoms with Crippen LogP contribution in [0.2, 0.25) is 0 Å². The van der Waals surface area contributed by atoms with E-state index in [0.717, 1.165) is 17.9 Å². The van der Waals surface area contributed by atoms with E-state index in [2.05, 4.69) is 25.3 Å². The second-order valence-electron chi connectivity index (χ2n) is 5.02. The molecule has 0 unspecified atom stereocenters. The van der Waals surface area contributed by atoms with Crippen molar-refractivity contribution in [2.45, 2.75) is 12.2 Å². The summed E-state index contributed by atoms with van der Waals surface area (Å²) in [6.45, 7) is 2.28. The van der Waals surface area contributed by atoms with Crippen LogP contribution in [0.4, 0.5) is 13.2 Å². The first-order chi connectivity index (χ1) is 11.4. The summed E-state index contributed by atoms with van der Waals surface area (Å²) in [6.07, 6.45) is -4.70. The fourth-order valence-electron chi connectivity index (χ4n) is 2.07. The van der Waals surface area contributed by atoms with Crippen LogP contribution in [0, 0.1) is 0 Å².